The van der Waals surface area contributed by atoms with Gasteiger partial charge in [-0.1, -0.05) is 23.7 Å². The highest BCUT2D eigenvalue weighted by atomic mass is 35.5. The van der Waals surface area contributed by atoms with Crippen LogP contribution in [-0.4, -0.2) is 18.9 Å². The third-order valence-electron chi connectivity index (χ3n) is 1.96. The third-order valence-corrected chi connectivity index (χ3v) is 2.19. The van der Waals surface area contributed by atoms with Crippen molar-refractivity contribution in [3.63, 3.8) is 0 Å². The van der Waals surface area contributed by atoms with E-state index in [1.807, 2.05) is 0 Å². The van der Waals surface area contributed by atoms with Gasteiger partial charge in [-0.15, -0.1) is 0 Å². The van der Waals surface area contributed by atoms with Crippen molar-refractivity contribution in [3.8, 4) is 6.07 Å². The first-order valence-corrected chi connectivity index (χ1v) is 4.75. The number of rotatable bonds is 3. The highest BCUT2D eigenvalue weighted by molar-refractivity contribution is 6.36. The van der Waals surface area contributed by atoms with E-state index in [2.05, 4.69) is 4.74 Å². The fraction of sp³-hybridized carbons (Fsp3) is 0.182. The Morgan fingerprint density at radius 1 is 1.50 bits per heavy atom. The normalized spacial score (nSPS) is 11.3. The summed E-state index contributed by atoms with van der Waals surface area (Å²) >= 11 is 5.73. The zero-order chi connectivity index (χ0) is 12.1. The molecule has 1 atom stereocenters. The zero-order valence-corrected chi connectivity index (χ0v) is 9.19. The van der Waals surface area contributed by atoms with E-state index in [-0.39, 0.29) is 0 Å². The van der Waals surface area contributed by atoms with Gasteiger partial charge in [-0.05, 0) is 17.7 Å². The zero-order valence-electron chi connectivity index (χ0n) is 8.44. The van der Waals surface area contributed by atoms with Crippen LogP contribution < -0.4 is 0 Å². The van der Waals surface area contributed by atoms with Crippen LogP contribution in [-0.2, 0) is 14.3 Å². The van der Waals surface area contributed by atoms with Crippen molar-refractivity contribution in [2.75, 3.05) is 7.11 Å². The minimum atomic E-state index is -1.17. The molecule has 0 aliphatic heterocycles. The minimum absolute atomic E-state index is 0.380. The molecule has 1 aromatic rings. The Balaban J connectivity index is 3.05. The van der Waals surface area contributed by atoms with Gasteiger partial charge in [-0.25, -0.2) is 4.79 Å². The van der Waals surface area contributed by atoms with Crippen LogP contribution in [0.2, 0.25) is 5.02 Å². The maximum Gasteiger partial charge on any atom is 0.376 e. The Hall–Kier alpha value is -1.86. The summed E-state index contributed by atoms with van der Waals surface area (Å²) in [6.45, 7) is 0. The summed E-state index contributed by atoms with van der Waals surface area (Å²) in [6.07, 6.45) is 0. The number of nitriles is 1. The van der Waals surface area contributed by atoms with Gasteiger partial charge in [0, 0.05) is 5.02 Å². The highest BCUT2D eigenvalue weighted by Crippen LogP contribution is 2.20. The molecular formula is C11H8ClNO3. The van der Waals surface area contributed by atoms with Crippen LogP contribution in [0.5, 0.6) is 0 Å². The fourth-order valence-corrected chi connectivity index (χ4v) is 1.39. The molecule has 0 radical (unpaired) electrons. The Morgan fingerprint density at radius 3 is 2.69 bits per heavy atom. The van der Waals surface area contributed by atoms with Gasteiger partial charge in [-0.2, -0.15) is 5.26 Å². The van der Waals surface area contributed by atoms with Gasteiger partial charge in [-0.3, -0.25) is 4.79 Å². The smallest absolute Gasteiger partial charge is 0.376 e. The second kappa shape index (κ2) is 5.29. The van der Waals surface area contributed by atoms with Gasteiger partial charge in [0.2, 0.25) is 0 Å². The van der Waals surface area contributed by atoms with Crippen LogP contribution in [0.15, 0.2) is 24.3 Å². The summed E-state index contributed by atoms with van der Waals surface area (Å²) < 4.78 is 4.27. The summed E-state index contributed by atoms with van der Waals surface area (Å²) in [6, 6.07) is 7.99. The van der Waals surface area contributed by atoms with Gasteiger partial charge < -0.3 is 4.74 Å². The number of esters is 1. The number of hydrogen-bond donors (Lipinski definition) is 0. The molecule has 0 aliphatic rings. The van der Waals surface area contributed by atoms with Crippen LogP contribution in [0, 0.1) is 11.3 Å². The van der Waals surface area contributed by atoms with Gasteiger partial charge in [0.25, 0.3) is 5.78 Å². The van der Waals surface area contributed by atoms with E-state index in [0.717, 1.165) is 7.11 Å². The molecule has 0 saturated carbocycles. The van der Waals surface area contributed by atoms with Crippen LogP contribution in [0.1, 0.15) is 11.5 Å². The molecular weight excluding hydrogens is 230 g/mol. The van der Waals surface area contributed by atoms with Crippen molar-refractivity contribution in [3.05, 3.63) is 34.9 Å². The van der Waals surface area contributed by atoms with E-state index in [1.54, 1.807) is 24.3 Å². The van der Waals surface area contributed by atoms with E-state index >= 15 is 0 Å². The molecule has 0 fully saturated rings. The number of methoxy groups -OCH3 is 1. The largest absolute Gasteiger partial charge is 0.463 e. The van der Waals surface area contributed by atoms with Gasteiger partial charge in [0.1, 0.15) is 5.92 Å². The predicted octanol–water partition coefficient (Wildman–Crippen LogP) is 1.69. The Kier molecular flexibility index (Phi) is 4.03. The van der Waals surface area contributed by atoms with Crippen molar-refractivity contribution in [2.24, 2.45) is 0 Å². The second-order valence-electron chi connectivity index (χ2n) is 2.97. The Morgan fingerprint density at radius 2 is 2.19 bits per heavy atom. The topological polar surface area (TPSA) is 67.2 Å². The van der Waals surface area contributed by atoms with Crippen molar-refractivity contribution in [2.45, 2.75) is 5.92 Å². The molecule has 0 aliphatic carbocycles. The van der Waals surface area contributed by atoms with Crippen molar-refractivity contribution < 1.29 is 14.3 Å². The first-order chi connectivity index (χ1) is 7.60. The molecule has 4 nitrogen and oxygen atoms in total. The number of ether oxygens (including phenoxy) is 1. The maximum absolute atomic E-state index is 11.5. The number of carbonyl (C=O) groups is 2. The predicted molar refractivity (Wildman–Crippen MR) is 56.8 cm³/mol. The molecule has 82 valence electrons. The molecule has 0 saturated heterocycles. The lowest BCUT2D eigenvalue weighted by molar-refractivity contribution is -0.151. The van der Waals surface area contributed by atoms with E-state index in [0.29, 0.717) is 10.6 Å². The second-order valence-corrected chi connectivity index (χ2v) is 3.41. The Labute approximate surface area is 97.4 Å². The van der Waals surface area contributed by atoms with Crippen LogP contribution >= 0.6 is 11.6 Å². The SMILES string of the molecule is COC(=O)C(=O)C(C#N)c1cccc(Cl)c1. The molecule has 0 spiro atoms. The quantitative estimate of drug-likeness (QED) is 0.593. The molecule has 0 amide bonds. The molecule has 0 heterocycles. The summed E-state index contributed by atoms with van der Waals surface area (Å²) in [7, 11) is 1.09. The monoisotopic (exact) mass is 237 g/mol. The summed E-state index contributed by atoms with van der Waals surface area (Å²) in [5.74, 6) is -3.11. The number of ketones is 1. The number of Topliss-reactive ketones (excluding diaryl/α,β-unsaturated/α-hetero) is 1. The van der Waals surface area contributed by atoms with E-state index in [1.165, 1.54) is 6.07 Å². The first kappa shape index (κ1) is 12.2. The average molecular weight is 238 g/mol. The lowest BCUT2D eigenvalue weighted by Crippen LogP contribution is -2.22. The minimum Gasteiger partial charge on any atom is -0.463 e. The molecule has 0 aromatic heterocycles. The third kappa shape index (κ3) is 2.59. The number of halogens is 1. The molecule has 1 rings (SSSR count). The van der Waals surface area contributed by atoms with Gasteiger partial charge in [0.15, 0.2) is 0 Å². The number of hydrogen-bond acceptors (Lipinski definition) is 4. The highest BCUT2D eigenvalue weighted by Gasteiger charge is 2.27. The summed E-state index contributed by atoms with van der Waals surface area (Å²) in [5, 5.41) is 9.26. The molecule has 1 unspecified atom stereocenters. The van der Waals surface area contributed by atoms with E-state index in [9.17, 15) is 9.59 Å². The Bertz CT molecular complexity index is 465. The van der Waals surface area contributed by atoms with Crippen molar-refractivity contribution >= 4 is 23.4 Å². The number of carbonyl (C=O) groups excluding carboxylic acids is 2. The van der Waals surface area contributed by atoms with E-state index in [4.69, 9.17) is 16.9 Å². The van der Waals surface area contributed by atoms with Gasteiger partial charge in [0.05, 0.1) is 13.2 Å². The molecule has 16 heavy (non-hydrogen) atoms. The lowest BCUT2D eigenvalue weighted by Gasteiger charge is -2.06. The van der Waals surface area contributed by atoms with Crippen molar-refractivity contribution in [1.29, 1.82) is 5.26 Å². The molecule has 0 bridgehead atoms. The van der Waals surface area contributed by atoms with E-state index < -0.39 is 17.7 Å². The van der Waals surface area contributed by atoms with Crippen LogP contribution in [0.25, 0.3) is 0 Å². The summed E-state index contributed by atoms with van der Waals surface area (Å²) in [4.78, 5) is 22.5. The molecule has 5 heteroatoms. The fourth-order valence-electron chi connectivity index (χ4n) is 1.19. The van der Waals surface area contributed by atoms with Crippen LogP contribution in [0.4, 0.5) is 0 Å². The number of benzene rings is 1. The van der Waals surface area contributed by atoms with Crippen molar-refractivity contribution in [1.82, 2.24) is 0 Å². The standard InChI is InChI=1S/C11H8ClNO3/c1-16-11(15)10(14)9(6-13)7-3-2-4-8(12)5-7/h2-5,9H,1H3. The van der Waals surface area contributed by atoms with Gasteiger partial charge >= 0.3 is 5.97 Å². The molecule has 1 aromatic carbocycles. The number of nitrogens with zero attached hydrogens (tertiary/aromatic N) is 1. The average Bonchev–Trinajstić information content (AvgIpc) is 2.29. The lowest BCUT2D eigenvalue weighted by atomic mass is 9.96. The van der Waals surface area contributed by atoms with Crippen LogP contribution in [0.3, 0.4) is 0 Å². The maximum atomic E-state index is 11.5. The summed E-state index contributed by atoms with van der Waals surface area (Å²) in [5.41, 5.74) is 0.380. The molecule has 0 N–H and O–H groups in total. The first-order valence-electron chi connectivity index (χ1n) is 4.37.